The topological polar surface area (TPSA) is 101 Å². The minimum Gasteiger partial charge on any atom is -0.350 e. The largest absolute Gasteiger partial charge is 0.350 e. The summed E-state index contributed by atoms with van der Waals surface area (Å²) in [6.07, 6.45) is 0.632. The molecule has 0 spiro atoms. The molecule has 2 aromatic heterocycles. The van der Waals surface area contributed by atoms with Crippen LogP contribution >= 0.6 is 11.6 Å². The van der Waals surface area contributed by atoms with Gasteiger partial charge in [0.15, 0.2) is 0 Å². The highest BCUT2D eigenvalue weighted by atomic mass is 35.5. The molecule has 2 fully saturated rings. The number of likely N-dealkylation sites (tertiary alicyclic amines) is 2. The predicted octanol–water partition coefficient (Wildman–Crippen LogP) is 5.10. The highest BCUT2D eigenvalue weighted by Crippen LogP contribution is 2.42. The molecule has 2 saturated heterocycles. The van der Waals surface area contributed by atoms with Gasteiger partial charge >= 0.3 is 0 Å². The highest BCUT2D eigenvalue weighted by Gasteiger charge is 2.56. The number of carbonyl (C=O) groups excluding carboxylic acids is 3. The number of rotatable bonds is 4. The number of nitrogens with zero attached hydrogens (tertiary/aromatic N) is 2. The lowest BCUT2D eigenvalue weighted by molar-refractivity contribution is -0.141. The van der Waals surface area contributed by atoms with Crippen LogP contribution in [0.25, 0.3) is 21.8 Å². The zero-order chi connectivity index (χ0) is 28.6. The molecule has 4 aromatic rings. The number of hydrogen-bond donors (Lipinski definition) is 3. The first kappa shape index (κ1) is 26.4. The molecule has 0 radical (unpaired) electrons. The zero-order valence-corrected chi connectivity index (χ0v) is 23.5. The lowest BCUT2D eigenvalue weighted by Gasteiger charge is -2.43. The Hall–Kier alpha value is -3.85. The second kappa shape index (κ2) is 9.09. The molecule has 4 heterocycles. The Morgan fingerprint density at radius 1 is 1.07 bits per heavy atom. The fourth-order valence-electron chi connectivity index (χ4n) is 6.18. The number of fused-ring (bicyclic) bond motifs is 4. The third-order valence-corrected chi connectivity index (χ3v) is 8.49. The number of hydrogen-bond acceptors (Lipinski definition) is 3. The van der Waals surface area contributed by atoms with Crippen LogP contribution in [0.4, 0.5) is 4.39 Å². The van der Waals surface area contributed by atoms with E-state index in [-0.39, 0.29) is 29.6 Å². The van der Waals surface area contributed by atoms with E-state index in [1.165, 1.54) is 6.07 Å². The maximum absolute atomic E-state index is 14.2. The molecule has 6 rings (SSSR count). The molecule has 3 unspecified atom stereocenters. The Bertz CT molecular complexity index is 1690. The van der Waals surface area contributed by atoms with Crippen molar-refractivity contribution in [1.82, 2.24) is 25.1 Å². The molecule has 3 amide bonds. The Morgan fingerprint density at radius 3 is 2.50 bits per heavy atom. The maximum atomic E-state index is 14.2. The number of aromatic amines is 2. The summed E-state index contributed by atoms with van der Waals surface area (Å²) in [7, 11) is 0. The van der Waals surface area contributed by atoms with Gasteiger partial charge in [0.25, 0.3) is 11.8 Å². The van der Waals surface area contributed by atoms with Crippen molar-refractivity contribution in [3.63, 3.8) is 0 Å². The van der Waals surface area contributed by atoms with Crippen LogP contribution in [0, 0.1) is 11.2 Å². The molecule has 10 heteroatoms. The van der Waals surface area contributed by atoms with E-state index in [4.69, 9.17) is 11.6 Å². The SMILES string of the molecule is CC(C)(C)C(NC(=O)c1cc2ccc(Cl)cc2[nH]1)C(=O)N1CC2CC1(C)CN2C(=O)c1cc2c(F)cccc2[nH]1. The lowest BCUT2D eigenvalue weighted by Crippen LogP contribution is -2.62. The first-order valence-electron chi connectivity index (χ1n) is 13.3. The molecule has 208 valence electrons. The van der Waals surface area contributed by atoms with E-state index in [0.29, 0.717) is 46.8 Å². The Morgan fingerprint density at radius 2 is 1.82 bits per heavy atom. The number of amides is 3. The molecule has 2 bridgehead atoms. The number of carbonyl (C=O) groups is 3. The molecule has 2 aromatic carbocycles. The average Bonchev–Trinajstić information content (AvgIpc) is 3.65. The van der Waals surface area contributed by atoms with Crippen LogP contribution < -0.4 is 5.32 Å². The number of nitrogens with one attached hydrogen (secondary N) is 3. The van der Waals surface area contributed by atoms with E-state index in [9.17, 15) is 18.8 Å². The quantitative estimate of drug-likeness (QED) is 0.322. The number of piperazine rings is 1. The summed E-state index contributed by atoms with van der Waals surface area (Å²) in [4.78, 5) is 50.4. The first-order chi connectivity index (χ1) is 18.8. The van der Waals surface area contributed by atoms with Gasteiger partial charge in [-0.2, -0.15) is 0 Å². The van der Waals surface area contributed by atoms with Crippen molar-refractivity contribution in [3.8, 4) is 0 Å². The average molecular weight is 564 g/mol. The molecular formula is C30H31ClFN5O3. The van der Waals surface area contributed by atoms with E-state index >= 15 is 0 Å². The summed E-state index contributed by atoms with van der Waals surface area (Å²) >= 11 is 6.09. The van der Waals surface area contributed by atoms with E-state index in [2.05, 4.69) is 15.3 Å². The van der Waals surface area contributed by atoms with Crippen LogP contribution in [0.5, 0.6) is 0 Å². The monoisotopic (exact) mass is 563 g/mol. The van der Waals surface area contributed by atoms with E-state index < -0.39 is 17.0 Å². The molecule has 40 heavy (non-hydrogen) atoms. The van der Waals surface area contributed by atoms with Crippen molar-refractivity contribution in [2.75, 3.05) is 13.1 Å². The molecular weight excluding hydrogens is 533 g/mol. The van der Waals surface area contributed by atoms with Crippen molar-refractivity contribution < 1.29 is 18.8 Å². The second-order valence-corrected chi connectivity index (χ2v) is 12.7. The first-order valence-corrected chi connectivity index (χ1v) is 13.7. The van der Waals surface area contributed by atoms with Gasteiger partial charge in [-0.3, -0.25) is 14.4 Å². The van der Waals surface area contributed by atoms with Gasteiger partial charge in [0.1, 0.15) is 23.2 Å². The van der Waals surface area contributed by atoms with Gasteiger partial charge in [0.2, 0.25) is 5.91 Å². The molecule has 2 aliphatic heterocycles. The lowest BCUT2D eigenvalue weighted by atomic mass is 9.84. The smallest absolute Gasteiger partial charge is 0.270 e. The van der Waals surface area contributed by atoms with Crippen molar-refractivity contribution in [2.24, 2.45) is 5.41 Å². The van der Waals surface area contributed by atoms with Gasteiger partial charge in [-0.1, -0.05) is 44.5 Å². The number of halogens is 2. The fraction of sp³-hybridized carbons (Fsp3) is 0.367. The van der Waals surface area contributed by atoms with Crippen molar-refractivity contribution in [1.29, 1.82) is 0 Å². The van der Waals surface area contributed by atoms with Crippen LogP contribution in [-0.4, -0.2) is 68.2 Å². The third-order valence-electron chi connectivity index (χ3n) is 8.26. The van der Waals surface area contributed by atoms with Gasteiger partial charge in [-0.05, 0) is 55.2 Å². The van der Waals surface area contributed by atoms with Gasteiger partial charge in [0.05, 0.1) is 11.6 Å². The standard InChI is InChI=1S/C30H31ClFN5O3/c1-29(2,3)25(35-26(38)23-10-16-8-9-17(31)11-22(16)34-23)28(40)37-14-18-13-30(37,4)15-36(18)27(39)24-12-19-20(32)6-5-7-21(19)33-24/h5-12,18,25,33-34H,13-15H2,1-4H3,(H,35,38). The number of aromatic nitrogens is 2. The van der Waals surface area contributed by atoms with Crippen LogP contribution in [-0.2, 0) is 4.79 Å². The highest BCUT2D eigenvalue weighted by molar-refractivity contribution is 6.31. The normalized spacial score (nSPS) is 21.4. The van der Waals surface area contributed by atoms with Crippen LogP contribution in [0.3, 0.4) is 0 Å². The van der Waals surface area contributed by atoms with Crippen molar-refractivity contribution >= 4 is 51.1 Å². The van der Waals surface area contributed by atoms with Crippen molar-refractivity contribution in [2.45, 2.75) is 51.7 Å². The second-order valence-electron chi connectivity index (χ2n) is 12.3. The van der Waals surface area contributed by atoms with Gasteiger partial charge in [-0.15, -0.1) is 0 Å². The minimum atomic E-state index is -0.785. The summed E-state index contributed by atoms with van der Waals surface area (Å²) in [6.45, 7) is 8.45. The summed E-state index contributed by atoms with van der Waals surface area (Å²) in [5.74, 6) is -1.15. The van der Waals surface area contributed by atoms with E-state index in [0.717, 1.165) is 10.9 Å². The Kier molecular flexibility index (Phi) is 5.99. The summed E-state index contributed by atoms with van der Waals surface area (Å²) in [5.41, 5.74) is 0.833. The van der Waals surface area contributed by atoms with E-state index in [1.807, 2.05) is 38.7 Å². The molecule has 3 N–H and O–H groups in total. The molecule has 8 nitrogen and oxygen atoms in total. The van der Waals surface area contributed by atoms with Crippen LogP contribution in [0.1, 0.15) is 55.1 Å². The van der Waals surface area contributed by atoms with Gasteiger partial charge in [0, 0.05) is 39.9 Å². The van der Waals surface area contributed by atoms with Crippen LogP contribution in [0.2, 0.25) is 5.02 Å². The zero-order valence-electron chi connectivity index (χ0n) is 22.8. The number of benzene rings is 2. The van der Waals surface area contributed by atoms with Gasteiger partial charge in [-0.25, -0.2) is 4.39 Å². The summed E-state index contributed by atoms with van der Waals surface area (Å²) in [6, 6.07) is 12.4. The third kappa shape index (κ3) is 4.33. The Labute approximate surface area is 235 Å². The maximum Gasteiger partial charge on any atom is 0.270 e. The number of H-pyrrole nitrogens is 2. The van der Waals surface area contributed by atoms with Gasteiger partial charge < -0.3 is 25.1 Å². The molecule has 0 saturated carbocycles. The summed E-state index contributed by atoms with van der Waals surface area (Å²) in [5, 5.41) is 4.75. The van der Waals surface area contributed by atoms with Crippen molar-refractivity contribution in [3.05, 3.63) is 70.8 Å². The molecule has 0 aliphatic carbocycles. The van der Waals surface area contributed by atoms with E-state index in [1.54, 1.807) is 41.3 Å². The molecule has 3 atom stereocenters. The fourth-order valence-corrected chi connectivity index (χ4v) is 6.36. The predicted molar refractivity (Wildman–Crippen MR) is 152 cm³/mol. The minimum absolute atomic E-state index is 0.174. The molecule has 2 aliphatic rings. The van der Waals surface area contributed by atoms with Crippen LogP contribution in [0.15, 0.2) is 48.5 Å². The Balaban J connectivity index is 1.20. The summed E-state index contributed by atoms with van der Waals surface area (Å²) < 4.78 is 14.2.